The Morgan fingerprint density at radius 1 is 1.46 bits per heavy atom. The van der Waals surface area contributed by atoms with Crippen LogP contribution in [0.4, 0.5) is 0 Å². The number of aliphatic hydroxyl groups is 1. The van der Waals surface area contributed by atoms with Crippen LogP contribution in [0, 0.1) is 0 Å². The molecule has 78 valence electrons. The van der Waals surface area contributed by atoms with Crippen molar-refractivity contribution in [1.82, 2.24) is 5.32 Å². The molecule has 0 heterocycles. The first kappa shape index (κ1) is 12.4. The standard InChI is InChI=1S/C9H19NO3/c1-5-10-8(7(4)11)9(12)13-6(2)3/h6-8,10-11H,5H2,1-4H3. The largest absolute Gasteiger partial charge is 0.462 e. The highest BCUT2D eigenvalue weighted by atomic mass is 16.5. The van der Waals surface area contributed by atoms with E-state index in [4.69, 9.17) is 4.74 Å². The molecule has 13 heavy (non-hydrogen) atoms. The number of rotatable bonds is 5. The zero-order valence-electron chi connectivity index (χ0n) is 8.70. The van der Waals surface area contributed by atoms with Crippen LogP contribution in [0.2, 0.25) is 0 Å². The van der Waals surface area contributed by atoms with Crippen LogP contribution in [0.1, 0.15) is 27.7 Å². The first-order chi connectivity index (χ1) is 5.99. The van der Waals surface area contributed by atoms with E-state index in [2.05, 4.69) is 5.32 Å². The number of carbonyl (C=O) groups excluding carboxylic acids is 1. The van der Waals surface area contributed by atoms with Gasteiger partial charge in [0, 0.05) is 0 Å². The highest BCUT2D eigenvalue weighted by Crippen LogP contribution is 1.99. The quantitative estimate of drug-likeness (QED) is 0.611. The van der Waals surface area contributed by atoms with Crippen molar-refractivity contribution in [3.63, 3.8) is 0 Å². The second-order valence-corrected chi connectivity index (χ2v) is 3.26. The molecule has 0 bridgehead atoms. The van der Waals surface area contributed by atoms with Crippen molar-refractivity contribution in [1.29, 1.82) is 0 Å². The molecular formula is C9H19NO3. The second-order valence-electron chi connectivity index (χ2n) is 3.26. The lowest BCUT2D eigenvalue weighted by molar-refractivity contribution is -0.152. The average molecular weight is 189 g/mol. The third kappa shape index (κ3) is 4.85. The maximum Gasteiger partial charge on any atom is 0.326 e. The summed E-state index contributed by atoms with van der Waals surface area (Å²) in [6.07, 6.45) is -0.876. The highest BCUT2D eigenvalue weighted by Gasteiger charge is 2.24. The third-order valence-corrected chi connectivity index (χ3v) is 1.51. The fraction of sp³-hybridized carbons (Fsp3) is 0.889. The average Bonchev–Trinajstić information content (AvgIpc) is 1.97. The van der Waals surface area contributed by atoms with Crippen molar-refractivity contribution in [3.8, 4) is 0 Å². The van der Waals surface area contributed by atoms with E-state index in [9.17, 15) is 9.90 Å². The Hall–Kier alpha value is -0.610. The molecule has 2 atom stereocenters. The summed E-state index contributed by atoms with van der Waals surface area (Å²) < 4.78 is 4.96. The van der Waals surface area contributed by atoms with Crippen molar-refractivity contribution in [2.45, 2.75) is 45.9 Å². The van der Waals surface area contributed by atoms with Crippen LogP contribution < -0.4 is 5.32 Å². The van der Waals surface area contributed by atoms with Crippen molar-refractivity contribution < 1.29 is 14.6 Å². The number of ether oxygens (including phenoxy) is 1. The molecule has 0 saturated heterocycles. The predicted octanol–water partition coefficient (Wildman–Crippen LogP) is 0.297. The molecule has 2 unspecified atom stereocenters. The van der Waals surface area contributed by atoms with E-state index in [0.717, 1.165) is 0 Å². The summed E-state index contributed by atoms with van der Waals surface area (Å²) in [5.41, 5.74) is 0. The lowest BCUT2D eigenvalue weighted by atomic mass is 10.2. The zero-order chi connectivity index (χ0) is 10.4. The van der Waals surface area contributed by atoms with E-state index in [-0.39, 0.29) is 6.10 Å². The molecule has 0 aromatic rings. The third-order valence-electron chi connectivity index (χ3n) is 1.51. The zero-order valence-corrected chi connectivity index (χ0v) is 8.70. The van der Waals surface area contributed by atoms with Gasteiger partial charge in [-0.25, -0.2) is 0 Å². The van der Waals surface area contributed by atoms with Gasteiger partial charge in [0.15, 0.2) is 0 Å². The maximum atomic E-state index is 11.3. The molecule has 0 aromatic heterocycles. The van der Waals surface area contributed by atoms with Gasteiger partial charge in [-0.1, -0.05) is 6.92 Å². The summed E-state index contributed by atoms with van der Waals surface area (Å²) in [7, 11) is 0. The summed E-state index contributed by atoms with van der Waals surface area (Å²) >= 11 is 0. The van der Waals surface area contributed by atoms with Crippen LogP contribution in [-0.2, 0) is 9.53 Å². The molecule has 4 nitrogen and oxygen atoms in total. The molecule has 0 amide bonds. The number of nitrogens with one attached hydrogen (secondary N) is 1. The fourth-order valence-corrected chi connectivity index (χ4v) is 0.976. The Labute approximate surface area is 79.3 Å². The second kappa shape index (κ2) is 5.94. The van der Waals surface area contributed by atoms with E-state index in [1.807, 2.05) is 6.92 Å². The molecule has 0 aliphatic rings. The molecule has 0 spiro atoms. The van der Waals surface area contributed by atoms with Crippen LogP contribution in [0.15, 0.2) is 0 Å². The number of hydrogen-bond acceptors (Lipinski definition) is 4. The Kier molecular flexibility index (Phi) is 5.66. The summed E-state index contributed by atoms with van der Waals surface area (Å²) in [5, 5.41) is 12.1. The summed E-state index contributed by atoms with van der Waals surface area (Å²) in [6, 6.07) is -0.618. The van der Waals surface area contributed by atoms with E-state index in [1.54, 1.807) is 20.8 Å². The first-order valence-corrected chi connectivity index (χ1v) is 4.61. The number of carbonyl (C=O) groups is 1. The van der Waals surface area contributed by atoms with Crippen molar-refractivity contribution >= 4 is 5.97 Å². The van der Waals surface area contributed by atoms with Gasteiger partial charge in [-0.15, -0.1) is 0 Å². The first-order valence-electron chi connectivity index (χ1n) is 4.61. The molecular weight excluding hydrogens is 170 g/mol. The van der Waals surface area contributed by atoms with Gasteiger partial charge in [0.1, 0.15) is 6.04 Å². The number of likely N-dealkylation sites (N-methyl/N-ethyl adjacent to an activating group) is 1. The normalized spacial score (nSPS) is 15.5. The van der Waals surface area contributed by atoms with E-state index in [0.29, 0.717) is 6.54 Å². The fourth-order valence-electron chi connectivity index (χ4n) is 0.976. The molecule has 4 heteroatoms. The molecule has 0 fully saturated rings. The number of esters is 1. The lowest BCUT2D eigenvalue weighted by Gasteiger charge is -2.20. The lowest BCUT2D eigenvalue weighted by Crippen LogP contribution is -2.46. The summed E-state index contributed by atoms with van der Waals surface area (Å²) in [4.78, 5) is 11.3. The Bertz CT molecular complexity index is 157. The van der Waals surface area contributed by atoms with E-state index in [1.165, 1.54) is 0 Å². The SMILES string of the molecule is CCNC(C(=O)OC(C)C)C(C)O. The number of aliphatic hydroxyl groups excluding tert-OH is 1. The minimum atomic E-state index is -0.730. The minimum Gasteiger partial charge on any atom is -0.462 e. The topological polar surface area (TPSA) is 58.6 Å². The Balaban J connectivity index is 4.11. The van der Waals surface area contributed by atoms with Gasteiger partial charge in [-0.2, -0.15) is 0 Å². The van der Waals surface area contributed by atoms with E-state index >= 15 is 0 Å². The Morgan fingerprint density at radius 2 is 2.00 bits per heavy atom. The predicted molar refractivity (Wildman–Crippen MR) is 50.4 cm³/mol. The highest BCUT2D eigenvalue weighted by molar-refractivity contribution is 5.76. The molecule has 0 aliphatic carbocycles. The maximum absolute atomic E-state index is 11.3. The molecule has 0 radical (unpaired) electrons. The minimum absolute atomic E-state index is 0.146. The van der Waals surface area contributed by atoms with Gasteiger partial charge < -0.3 is 15.2 Å². The van der Waals surface area contributed by atoms with Gasteiger partial charge >= 0.3 is 5.97 Å². The molecule has 0 aromatic carbocycles. The van der Waals surface area contributed by atoms with Crippen LogP contribution >= 0.6 is 0 Å². The van der Waals surface area contributed by atoms with Crippen molar-refractivity contribution in [2.75, 3.05) is 6.54 Å². The monoisotopic (exact) mass is 189 g/mol. The van der Waals surface area contributed by atoms with Crippen molar-refractivity contribution in [3.05, 3.63) is 0 Å². The van der Waals surface area contributed by atoms with Crippen LogP contribution in [0.5, 0.6) is 0 Å². The van der Waals surface area contributed by atoms with E-state index < -0.39 is 18.1 Å². The van der Waals surface area contributed by atoms with Gasteiger partial charge in [0.25, 0.3) is 0 Å². The Morgan fingerprint density at radius 3 is 2.31 bits per heavy atom. The summed E-state index contributed by atoms with van der Waals surface area (Å²) in [6.45, 7) is 7.63. The van der Waals surface area contributed by atoms with Crippen LogP contribution in [0.3, 0.4) is 0 Å². The van der Waals surface area contributed by atoms with Crippen molar-refractivity contribution in [2.24, 2.45) is 0 Å². The van der Waals surface area contributed by atoms with Crippen LogP contribution in [0.25, 0.3) is 0 Å². The van der Waals surface area contributed by atoms with Gasteiger partial charge in [0.05, 0.1) is 12.2 Å². The molecule has 0 aliphatic heterocycles. The molecule has 0 rings (SSSR count). The van der Waals surface area contributed by atoms with Gasteiger partial charge in [-0.05, 0) is 27.3 Å². The molecule has 2 N–H and O–H groups in total. The number of hydrogen-bond donors (Lipinski definition) is 2. The smallest absolute Gasteiger partial charge is 0.326 e. The van der Waals surface area contributed by atoms with Gasteiger partial charge in [0.2, 0.25) is 0 Å². The molecule has 0 saturated carbocycles. The van der Waals surface area contributed by atoms with Gasteiger partial charge in [-0.3, -0.25) is 4.79 Å². The van der Waals surface area contributed by atoms with Crippen LogP contribution in [-0.4, -0.2) is 35.9 Å². The summed E-state index contributed by atoms with van der Waals surface area (Å²) in [5.74, 6) is -0.396.